The zero-order valence-corrected chi connectivity index (χ0v) is 7.20. The van der Waals surface area contributed by atoms with Gasteiger partial charge in [-0.3, -0.25) is 0 Å². The molecule has 0 bridgehead atoms. The quantitative estimate of drug-likeness (QED) is 0.647. The molecule has 74 valence electrons. The first-order chi connectivity index (χ1) is 6.68. The third-order valence-corrected chi connectivity index (χ3v) is 1.88. The third kappa shape index (κ3) is 1.56. The molecular formula is C7H8N4O3. The predicted molar refractivity (Wildman–Crippen MR) is 45.5 cm³/mol. The van der Waals surface area contributed by atoms with Crippen LogP contribution in [0.1, 0.15) is 18.9 Å². The molecule has 1 aromatic rings. The van der Waals surface area contributed by atoms with E-state index < -0.39 is 11.7 Å². The maximum atomic E-state index is 11.4. The summed E-state index contributed by atoms with van der Waals surface area (Å²) in [6.45, 7) is 0. The number of aromatic nitrogens is 4. The average Bonchev–Trinajstić information content (AvgIpc) is 2.89. The molecule has 0 saturated heterocycles. The smallest absolute Gasteiger partial charge is 0.368 e. The summed E-state index contributed by atoms with van der Waals surface area (Å²) in [6.07, 6.45) is 3.78. The van der Waals surface area contributed by atoms with Gasteiger partial charge in [0.1, 0.15) is 0 Å². The second-order valence-electron chi connectivity index (χ2n) is 3.04. The number of carboxylic acids is 1. The van der Waals surface area contributed by atoms with Crippen LogP contribution in [0.15, 0.2) is 10.9 Å². The molecule has 7 heteroatoms. The van der Waals surface area contributed by atoms with Crippen molar-refractivity contribution in [2.75, 3.05) is 0 Å². The SMILES string of the molecule is O=C(O)C=Cn1nnn(C2CC2)c1=O. The minimum atomic E-state index is -1.13. The van der Waals surface area contributed by atoms with Gasteiger partial charge >= 0.3 is 11.7 Å². The van der Waals surface area contributed by atoms with Crippen LogP contribution in [-0.2, 0) is 4.79 Å². The largest absolute Gasteiger partial charge is 0.478 e. The average molecular weight is 196 g/mol. The number of tetrazole rings is 1. The van der Waals surface area contributed by atoms with E-state index in [1.54, 1.807) is 0 Å². The fourth-order valence-electron chi connectivity index (χ4n) is 1.04. The molecule has 0 spiro atoms. The number of nitrogens with zero attached hydrogens (tertiary/aromatic N) is 4. The van der Waals surface area contributed by atoms with Gasteiger partial charge in [0.15, 0.2) is 0 Å². The van der Waals surface area contributed by atoms with E-state index in [1.807, 2.05) is 0 Å². The highest BCUT2D eigenvalue weighted by molar-refractivity contribution is 5.82. The van der Waals surface area contributed by atoms with Crippen LogP contribution in [0.3, 0.4) is 0 Å². The van der Waals surface area contributed by atoms with Crippen LogP contribution in [0.25, 0.3) is 6.20 Å². The summed E-state index contributed by atoms with van der Waals surface area (Å²) in [4.78, 5) is 21.6. The van der Waals surface area contributed by atoms with Crippen LogP contribution in [0.4, 0.5) is 0 Å². The van der Waals surface area contributed by atoms with Gasteiger partial charge < -0.3 is 5.11 Å². The topological polar surface area (TPSA) is 90.0 Å². The van der Waals surface area contributed by atoms with Crippen molar-refractivity contribution in [1.82, 2.24) is 19.8 Å². The fourth-order valence-corrected chi connectivity index (χ4v) is 1.04. The lowest BCUT2D eigenvalue weighted by Gasteiger charge is -1.88. The highest BCUT2D eigenvalue weighted by Crippen LogP contribution is 2.32. The van der Waals surface area contributed by atoms with Crippen molar-refractivity contribution in [2.45, 2.75) is 18.9 Å². The highest BCUT2D eigenvalue weighted by atomic mass is 16.4. The van der Waals surface area contributed by atoms with Gasteiger partial charge in [-0.1, -0.05) is 0 Å². The molecule has 1 heterocycles. The van der Waals surface area contributed by atoms with Crippen LogP contribution in [0.5, 0.6) is 0 Å². The van der Waals surface area contributed by atoms with Gasteiger partial charge in [-0.25, -0.2) is 9.59 Å². The summed E-state index contributed by atoms with van der Waals surface area (Å²) in [5.74, 6) is -1.13. The van der Waals surface area contributed by atoms with E-state index in [9.17, 15) is 9.59 Å². The van der Waals surface area contributed by atoms with Gasteiger partial charge in [0.05, 0.1) is 6.04 Å². The number of aliphatic carboxylic acids is 1. The Kier molecular flexibility index (Phi) is 1.91. The Balaban J connectivity index is 2.27. The Morgan fingerprint density at radius 1 is 1.50 bits per heavy atom. The molecular weight excluding hydrogens is 188 g/mol. The van der Waals surface area contributed by atoms with Crippen molar-refractivity contribution in [2.24, 2.45) is 0 Å². The van der Waals surface area contributed by atoms with E-state index in [0.29, 0.717) is 0 Å². The lowest BCUT2D eigenvalue weighted by Crippen LogP contribution is -2.21. The molecule has 1 aromatic heterocycles. The van der Waals surface area contributed by atoms with E-state index >= 15 is 0 Å². The maximum Gasteiger partial charge on any atom is 0.368 e. The molecule has 1 fully saturated rings. The Labute approximate surface area is 78.2 Å². The van der Waals surface area contributed by atoms with E-state index in [4.69, 9.17) is 5.11 Å². The standard InChI is InChI=1S/C7H8N4O3/c12-6(13)3-4-10-7(14)11(9-8-10)5-1-2-5/h3-5H,1-2H2,(H,12,13). The number of carboxylic acid groups (broad SMARTS) is 1. The number of carbonyl (C=O) groups is 1. The van der Waals surface area contributed by atoms with Crippen molar-refractivity contribution >= 4 is 12.2 Å². The van der Waals surface area contributed by atoms with Gasteiger partial charge in [-0.05, 0) is 23.3 Å². The van der Waals surface area contributed by atoms with Crippen LogP contribution < -0.4 is 5.69 Å². The van der Waals surface area contributed by atoms with Gasteiger partial charge in [-0.15, -0.1) is 0 Å². The van der Waals surface area contributed by atoms with Crippen molar-refractivity contribution in [1.29, 1.82) is 0 Å². The molecule has 0 aromatic carbocycles. The molecule has 1 aliphatic carbocycles. The summed E-state index contributed by atoms with van der Waals surface area (Å²) in [5, 5.41) is 15.5. The molecule has 1 saturated carbocycles. The highest BCUT2D eigenvalue weighted by Gasteiger charge is 2.27. The predicted octanol–water partition coefficient (Wildman–Crippen LogP) is -0.670. The maximum absolute atomic E-state index is 11.4. The van der Waals surface area contributed by atoms with Crippen molar-refractivity contribution < 1.29 is 9.90 Å². The second-order valence-corrected chi connectivity index (χ2v) is 3.04. The molecule has 0 radical (unpaired) electrons. The van der Waals surface area contributed by atoms with Crippen molar-refractivity contribution in [3.05, 3.63) is 16.6 Å². The van der Waals surface area contributed by atoms with Crippen LogP contribution in [-0.4, -0.2) is 30.9 Å². The molecule has 0 atom stereocenters. The minimum Gasteiger partial charge on any atom is -0.478 e. The molecule has 7 nitrogen and oxygen atoms in total. The summed E-state index contributed by atoms with van der Waals surface area (Å²) in [5.41, 5.74) is -0.398. The van der Waals surface area contributed by atoms with Gasteiger partial charge in [0.25, 0.3) is 0 Å². The molecule has 14 heavy (non-hydrogen) atoms. The molecule has 1 N–H and O–H groups in total. The summed E-state index contributed by atoms with van der Waals surface area (Å²) < 4.78 is 2.18. The Morgan fingerprint density at radius 3 is 2.79 bits per heavy atom. The molecule has 0 unspecified atom stereocenters. The van der Waals surface area contributed by atoms with E-state index in [1.165, 1.54) is 4.68 Å². The first-order valence-electron chi connectivity index (χ1n) is 4.13. The third-order valence-electron chi connectivity index (χ3n) is 1.88. The van der Waals surface area contributed by atoms with Crippen LogP contribution in [0, 0.1) is 0 Å². The lowest BCUT2D eigenvalue weighted by atomic mass is 10.6. The second kappa shape index (κ2) is 3.09. The zero-order chi connectivity index (χ0) is 10.1. The van der Waals surface area contributed by atoms with Crippen LogP contribution >= 0.6 is 0 Å². The fraction of sp³-hybridized carbons (Fsp3) is 0.429. The summed E-state index contributed by atoms with van der Waals surface area (Å²) in [6, 6.07) is 0.148. The number of hydrogen-bond donors (Lipinski definition) is 1. The Bertz CT molecular complexity index is 440. The van der Waals surface area contributed by atoms with Gasteiger partial charge in [-0.2, -0.15) is 9.36 Å². The number of rotatable bonds is 3. The van der Waals surface area contributed by atoms with Crippen molar-refractivity contribution in [3.8, 4) is 0 Å². The number of hydrogen-bond acceptors (Lipinski definition) is 4. The Morgan fingerprint density at radius 2 is 2.21 bits per heavy atom. The normalized spacial score (nSPS) is 16.3. The molecule has 0 aliphatic heterocycles. The monoisotopic (exact) mass is 196 g/mol. The lowest BCUT2D eigenvalue weighted by molar-refractivity contribution is -0.131. The minimum absolute atomic E-state index is 0.148. The first kappa shape index (κ1) is 8.67. The van der Waals surface area contributed by atoms with E-state index in [0.717, 1.165) is 29.8 Å². The molecule has 1 aliphatic rings. The van der Waals surface area contributed by atoms with E-state index in [-0.39, 0.29) is 6.04 Å². The van der Waals surface area contributed by atoms with Crippen molar-refractivity contribution in [3.63, 3.8) is 0 Å². The molecule has 0 amide bonds. The summed E-state index contributed by atoms with van der Waals surface area (Å²) in [7, 11) is 0. The van der Waals surface area contributed by atoms with E-state index in [2.05, 4.69) is 10.4 Å². The first-order valence-corrected chi connectivity index (χ1v) is 4.13. The van der Waals surface area contributed by atoms with Gasteiger partial charge in [0, 0.05) is 12.3 Å². The van der Waals surface area contributed by atoms with Crippen LogP contribution in [0.2, 0.25) is 0 Å². The van der Waals surface area contributed by atoms with Gasteiger partial charge in [0.2, 0.25) is 0 Å². The molecule has 2 rings (SSSR count). The zero-order valence-electron chi connectivity index (χ0n) is 7.20. The summed E-state index contributed by atoms with van der Waals surface area (Å²) >= 11 is 0. The Hall–Kier alpha value is -1.92.